The summed E-state index contributed by atoms with van der Waals surface area (Å²) >= 11 is 0. The number of methoxy groups -OCH3 is 1. The second kappa shape index (κ2) is 57.1. The molecule has 1 aromatic heterocycles. The quantitative estimate of drug-likeness (QED) is 0.0104. The minimum absolute atomic E-state index is 0.00192. The highest BCUT2D eigenvalue weighted by atomic mass is 16.9. The number of rotatable bonds is 34. The first-order valence-corrected chi connectivity index (χ1v) is 33.8. The molecule has 0 spiro atoms. The van der Waals surface area contributed by atoms with Crippen molar-refractivity contribution in [2.24, 2.45) is 99.5 Å². The van der Waals surface area contributed by atoms with Crippen molar-refractivity contribution in [2.45, 2.75) is 271 Å². The highest BCUT2D eigenvalue weighted by Gasteiger charge is 2.25. The fourth-order valence-corrected chi connectivity index (χ4v) is 8.61. The number of imidazole rings is 1. The van der Waals surface area contributed by atoms with Gasteiger partial charge in [-0.3, -0.25) is 33.6 Å². The molecule has 0 bridgehead atoms. The molecule has 14 N–H and O–H groups in total. The van der Waals surface area contributed by atoms with Crippen LogP contribution in [0.2, 0.25) is 0 Å². The summed E-state index contributed by atoms with van der Waals surface area (Å²) in [5, 5.41) is 18.5. The van der Waals surface area contributed by atoms with Crippen LogP contribution in [0.3, 0.4) is 0 Å². The Morgan fingerprint density at radius 1 is 0.637 bits per heavy atom. The number of H-pyrrole nitrogens is 1. The zero-order valence-electron chi connectivity index (χ0n) is 61.9. The molecule has 0 aliphatic heterocycles. The summed E-state index contributed by atoms with van der Waals surface area (Å²) in [6.45, 7) is 40.8. The van der Waals surface area contributed by atoms with Gasteiger partial charge >= 0.3 is 5.97 Å². The molecule has 1 aliphatic carbocycles. The molecule has 1 saturated carbocycles. The highest BCUT2D eigenvalue weighted by molar-refractivity contribution is 5.87. The van der Waals surface area contributed by atoms with Crippen LogP contribution in [-0.4, -0.2) is 150 Å². The minimum Gasteiger partial charge on any atom is -0.468 e. The van der Waals surface area contributed by atoms with E-state index < -0.39 is 23.3 Å². The number of aliphatic hydroxyl groups excluding tert-OH is 1. The van der Waals surface area contributed by atoms with E-state index in [0.29, 0.717) is 65.8 Å². The van der Waals surface area contributed by atoms with Crippen molar-refractivity contribution in [3.8, 4) is 0 Å². The van der Waals surface area contributed by atoms with E-state index in [1.165, 1.54) is 20.0 Å². The smallest absolute Gasteiger partial charge is 0.322 e. The number of ketones is 6. The molecule has 91 heavy (non-hydrogen) atoms. The van der Waals surface area contributed by atoms with Crippen molar-refractivity contribution in [1.29, 1.82) is 0 Å². The second-order valence-electron chi connectivity index (χ2n) is 28.4. The van der Waals surface area contributed by atoms with Crippen LogP contribution < -0.4 is 34.4 Å². The molecular formula is C69H141N10O12+. The van der Waals surface area contributed by atoms with Crippen molar-refractivity contribution in [3.63, 3.8) is 0 Å². The molecule has 1 fully saturated rings. The van der Waals surface area contributed by atoms with Crippen LogP contribution in [0.25, 0.3) is 0 Å². The van der Waals surface area contributed by atoms with Gasteiger partial charge in [0.1, 0.15) is 30.3 Å². The monoisotopic (exact) mass is 1300 g/mol. The number of Topliss-reactive ketones (excluding diaryl/α,β-unsaturated/α-hetero) is 6. The number of unbranched alkanes of at least 4 members (excludes halogenated alkanes) is 2. The maximum absolute atomic E-state index is 11.4. The Labute approximate surface area is 553 Å². The van der Waals surface area contributed by atoms with Crippen LogP contribution in [0.4, 0.5) is 0 Å². The lowest BCUT2D eigenvalue weighted by Crippen LogP contribution is -2.42. The molecule has 0 unspecified atom stereocenters. The molecule has 0 radical (unpaired) electrons. The predicted molar refractivity (Wildman–Crippen MR) is 372 cm³/mol. The van der Waals surface area contributed by atoms with Crippen LogP contribution in [0.1, 0.15) is 234 Å². The Bertz CT molecular complexity index is 2020. The first-order valence-electron chi connectivity index (χ1n) is 33.8. The Morgan fingerprint density at radius 3 is 1.45 bits per heavy atom. The molecule has 2 rings (SSSR count). The number of carbonyl (C=O) groups excluding carboxylic acids is 7. The van der Waals surface area contributed by atoms with E-state index in [1.54, 1.807) is 12.5 Å². The number of hydrogen-bond donors (Lipinski definition) is 8. The van der Waals surface area contributed by atoms with E-state index in [2.05, 4.69) is 54.2 Å². The first kappa shape index (κ1) is 97.7. The maximum Gasteiger partial charge on any atom is 0.322 e. The lowest BCUT2D eigenvalue weighted by Gasteiger charge is -2.26. The van der Waals surface area contributed by atoms with Gasteiger partial charge in [0.25, 0.3) is 5.09 Å². The largest absolute Gasteiger partial charge is 0.468 e. The molecule has 22 nitrogen and oxygen atoms in total. The summed E-state index contributed by atoms with van der Waals surface area (Å²) in [5.74, 6) is 3.73. The Balaban J connectivity index is -0.000000227. The molecule has 1 aromatic rings. The standard InChI is InChI=1S/C10H22NO2.C9H15N3O.C9H20N2O.2C9H19NO.C9H16O.C7H15NO3.C7H15NO2/c1-8(2)10(13)6-9(12)7-11(3,4)5;1-6(2)9(13)8(10)3-7-4-11-5-12-7;1-7(2)9(12)8(11)5-3-4-6-10;1-6(2)5-8(10)9(11)7(3)4;1-5-7(4)8(10)9(11)6(2)3;1-7(2)9(10)8-5-3-4-6-8;1-7(2)5-3-4-6-11-8(9)10;1-5(2)4-6(8)7(9)10-3/h8-9,12H,6-7H2,1-5H3;4-6,8H,3,10H2,1-2H3,(H,11,12);7-8H,3-6,10-11H2,1-2H3;2*6-8H,5,10H2,1-4H3;7-8H,3-6H2,1-2H3;7H,3-6H2,1-2H3;5-6H,4,8H2,1-3H3/q+1;;;;;;;/t9-;3*8-;7-,8-;;;6-/m10000..0/s1. The lowest BCUT2D eigenvalue weighted by molar-refractivity contribution is -0.873. The van der Waals surface area contributed by atoms with E-state index in [9.17, 15) is 48.8 Å². The van der Waals surface area contributed by atoms with Gasteiger partial charge in [0.2, 0.25) is 0 Å². The molecule has 0 aromatic carbocycles. The molecule has 538 valence electrons. The number of nitrogens with two attached hydrogens (primary N) is 6. The normalized spacial score (nSPS) is 14.4. The Morgan fingerprint density at radius 2 is 1.09 bits per heavy atom. The fraction of sp³-hybridized carbons (Fsp3) is 0.855. The first-order chi connectivity index (χ1) is 41.8. The van der Waals surface area contributed by atoms with Crippen molar-refractivity contribution in [3.05, 3.63) is 28.3 Å². The topological polar surface area (TPSA) is 386 Å². The number of hydrogen-bond acceptors (Lipinski definition) is 19. The summed E-state index contributed by atoms with van der Waals surface area (Å²) in [4.78, 5) is 99.2. The van der Waals surface area contributed by atoms with Gasteiger partial charge in [-0.25, -0.2) is 4.98 Å². The van der Waals surface area contributed by atoms with Crippen LogP contribution in [0.5, 0.6) is 0 Å². The molecule has 0 amide bonds. The number of aliphatic hydroxyl groups is 1. The fourth-order valence-electron chi connectivity index (χ4n) is 8.61. The van der Waals surface area contributed by atoms with Gasteiger partial charge in [-0.15, -0.1) is 10.1 Å². The number of nitrogens with one attached hydrogen (secondary N) is 1. The second-order valence-corrected chi connectivity index (χ2v) is 28.4. The van der Waals surface area contributed by atoms with Crippen LogP contribution in [-0.2, 0) is 49.6 Å². The van der Waals surface area contributed by atoms with Gasteiger partial charge in [0.05, 0.1) is 65.4 Å². The molecule has 1 aliphatic rings. The maximum atomic E-state index is 11.4. The third-order valence-corrected chi connectivity index (χ3v) is 14.4. The summed E-state index contributed by atoms with van der Waals surface area (Å²) in [6.07, 6.45) is 16.5. The molecular weight excluding hydrogens is 1160 g/mol. The number of quaternary nitrogens is 1. The average molecular weight is 1300 g/mol. The van der Waals surface area contributed by atoms with Crippen molar-refractivity contribution in [1.82, 2.24) is 9.97 Å². The number of carbonyl (C=O) groups is 7. The molecule has 1 heterocycles. The van der Waals surface area contributed by atoms with E-state index in [-0.39, 0.29) is 102 Å². The zero-order valence-corrected chi connectivity index (χ0v) is 61.9. The number of aromatic nitrogens is 2. The molecule has 0 saturated heterocycles. The van der Waals surface area contributed by atoms with Crippen LogP contribution >= 0.6 is 0 Å². The lowest BCUT2D eigenvalue weighted by atomic mass is 9.91. The van der Waals surface area contributed by atoms with Gasteiger partial charge < -0.3 is 58.5 Å². The van der Waals surface area contributed by atoms with E-state index in [4.69, 9.17) is 34.4 Å². The molecule has 22 heteroatoms. The zero-order chi connectivity index (χ0) is 72.5. The number of likely N-dealkylation sites (N-methyl/N-ethyl adjacent to an activating group) is 1. The third-order valence-electron chi connectivity index (χ3n) is 14.4. The number of esters is 1. The van der Waals surface area contributed by atoms with Crippen molar-refractivity contribution in [2.75, 3.05) is 47.9 Å². The van der Waals surface area contributed by atoms with Gasteiger partial charge in [0.15, 0.2) is 23.1 Å². The predicted octanol–water partition coefficient (Wildman–Crippen LogP) is 9.97. The summed E-state index contributed by atoms with van der Waals surface area (Å²) in [6, 6.07) is -1.67. The summed E-state index contributed by atoms with van der Waals surface area (Å²) in [7, 11) is 7.36. The molecule has 7 atom stereocenters. The van der Waals surface area contributed by atoms with E-state index in [1.807, 2.05) is 125 Å². The van der Waals surface area contributed by atoms with Crippen LogP contribution in [0, 0.1) is 75.2 Å². The Hall–Kier alpha value is -4.42. The average Bonchev–Trinajstić information content (AvgIpc) is 3.23. The van der Waals surface area contributed by atoms with Crippen molar-refractivity contribution >= 4 is 40.7 Å². The van der Waals surface area contributed by atoms with E-state index >= 15 is 0 Å². The highest BCUT2D eigenvalue weighted by Crippen LogP contribution is 2.27. The van der Waals surface area contributed by atoms with E-state index in [0.717, 1.165) is 69.9 Å². The SMILES string of the molecule is CC(C)C(=O)C1CCCC1.CC(C)C(=O)C[C@@H](O)C[N+](C)(C)C.CC(C)C(=O)[C@@H](N)CCCCN.CC(C)C(=O)[C@@H](N)Cc1cnc[nH]1.CC(C)CCCCO[N+](=O)[O-].CC(C)C[C@H](N)C(=O)C(C)C.CC[C@H](C)[C@H](N)C(=O)C(C)C.COC(=O)[C@@H](N)CC(C)C. The Kier molecular flexibility index (Phi) is 61.2. The summed E-state index contributed by atoms with van der Waals surface area (Å²) in [5.41, 5.74) is 34.5. The number of nitrogens with zero attached hydrogens (tertiary/aromatic N) is 3. The van der Waals surface area contributed by atoms with Gasteiger partial charge in [0, 0.05) is 66.2 Å². The van der Waals surface area contributed by atoms with Gasteiger partial charge in [-0.1, -0.05) is 177 Å². The number of aromatic amines is 1. The number of ether oxygens (including phenoxy) is 1. The third kappa shape index (κ3) is 60.3. The van der Waals surface area contributed by atoms with Gasteiger partial charge in [-0.05, 0) is 75.2 Å². The summed E-state index contributed by atoms with van der Waals surface area (Å²) < 4.78 is 5.14. The van der Waals surface area contributed by atoms with Gasteiger partial charge in [-0.2, -0.15) is 0 Å². The van der Waals surface area contributed by atoms with Crippen molar-refractivity contribution < 1.29 is 57.8 Å². The van der Waals surface area contributed by atoms with Crippen LogP contribution in [0.15, 0.2) is 12.5 Å². The minimum atomic E-state index is -0.741.